The highest BCUT2D eigenvalue weighted by molar-refractivity contribution is 7.91. The highest BCUT2D eigenvalue weighted by atomic mass is 32.2. The van der Waals surface area contributed by atoms with Crippen LogP contribution in [0.1, 0.15) is 54.5 Å². The Morgan fingerprint density at radius 2 is 2.05 bits per heavy atom. The monoisotopic (exact) mass is 313 g/mol. The Hall–Kier alpha value is -1.30. The zero-order valence-electron chi connectivity index (χ0n) is 12.8. The van der Waals surface area contributed by atoms with E-state index >= 15 is 0 Å². The molecule has 1 aliphatic carbocycles. The summed E-state index contributed by atoms with van der Waals surface area (Å²) in [5.74, 6) is 0.740. The van der Waals surface area contributed by atoms with E-state index in [2.05, 4.69) is 5.32 Å². The summed E-state index contributed by atoms with van der Waals surface area (Å²) in [7, 11) is -3.16. The van der Waals surface area contributed by atoms with Crippen LogP contribution in [-0.2, 0) is 16.3 Å². The maximum Gasteiger partial charge on any atom is 0.287 e. The van der Waals surface area contributed by atoms with Gasteiger partial charge >= 0.3 is 0 Å². The van der Waals surface area contributed by atoms with Crippen molar-refractivity contribution in [2.75, 3.05) is 6.26 Å². The molecular weight excluding hydrogens is 290 g/mol. The fourth-order valence-electron chi connectivity index (χ4n) is 3.00. The maximum absolute atomic E-state index is 12.3. The average molecular weight is 313 g/mol. The zero-order valence-corrected chi connectivity index (χ0v) is 13.6. The van der Waals surface area contributed by atoms with E-state index in [4.69, 9.17) is 4.42 Å². The summed E-state index contributed by atoms with van der Waals surface area (Å²) in [4.78, 5) is 12.3. The number of amides is 1. The van der Waals surface area contributed by atoms with E-state index < -0.39 is 15.1 Å². The number of rotatable bonds is 4. The minimum absolute atomic E-state index is 0.266. The third-order valence-electron chi connectivity index (χ3n) is 4.13. The van der Waals surface area contributed by atoms with Gasteiger partial charge in [-0.2, -0.15) is 0 Å². The van der Waals surface area contributed by atoms with Gasteiger partial charge in [0.15, 0.2) is 15.6 Å². The molecule has 2 atom stereocenters. The number of carbonyl (C=O) groups is 1. The average Bonchev–Trinajstić information content (AvgIpc) is 2.79. The molecular formula is C15H23NO4S. The highest BCUT2D eigenvalue weighted by Crippen LogP contribution is 2.24. The van der Waals surface area contributed by atoms with E-state index in [1.165, 1.54) is 6.26 Å². The van der Waals surface area contributed by atoms with E-state index in [0.29, 0.717) is 12.8 Å². The molecule has 0 spiro atoms. The number of hydrogen-bond donors (Lipinski definition) is 1. The van der Waals surface area contributed by atoms with Crippen LogP contribution in [0.15, 0.2) is 10.5 Å². The van der Waals surface area contributed by atoms with Crippen LogP contribution in [0.4, 0.5) is 0 Å². The smallest absolute Gasteiger partial charge is 0.287 e. The topological polar surface area (TPSA) is 76.4 Å². The molecule has 1 heterocycles. The number of furan rings is 1. The minimum Gasteiger partial charge on any atom is -0.456 e. The second-order valence-corrected chi connectivity index (χ2v) is 8.07. The van der Waals surface area contributed by atoms with Crippen molar-refractivity contribution in [3.63, 3.8) is 0 Å². The van der Waals surface area contributed by atoms with Gasteiger partial charge in [-0.25, -0.2) is 8.42 Å². The largest absolute Gasteiger partial charge is 0.456 e. The van der Waals surface area contributed by atoms with Crippen molar-refractivity contribution in [3.8, 4) is 0 Å². The lowest BCUT2D eigenvalue weighted by molar-refractivity contribution is 0.0899. The predicted molar refractivity (Wildman–Crippen MR) is 81.2 cm³/mol. The fourth-order valence-corrected chi connectivity index (χ4v) is 4.39. The summed E-state index contributed by atoms with van der Waals surface area (Å²) in [6.45, 7) is 3.87. The number of nitrogens with one attached hydrogen (secondary N) is 1. The van der Waals surface area contributed by atoms with E-state index in [9.17, 15) is 13.2 Å². The number of sulfone groups is 1. The molecule has 5 nitrogen and oxygen atoms in total. The Bertz CT molecular complexity index is 618. The molecule has 0 unspecified atom stereocenters. The Labute approximate surface area is 126 Å². The molecule has 118 valence electrons. The molecule has 2 rings (SSSR count). The molecule has 21 heavy (non-hydrogen) atoms. The number of carbonyl (C=O) groups excluding carboxylic acids is 1. The molecule has 0 aromatic carbocycles. The standard InChI is InChI=1S/C15H23NO4S/c1-4-12-10(2)9-13(20-12)15(17)16-11-7-5-6-8-14(11)21(3,18)19/h9,11,14H,4-8H2,1-3H3,(H,16,17)/t11-,14-/m1/s1. The van der Waals surface area contributed by atoms with Gasteiger partial charge in [-0.1, -0.05) is 19.8 Å². The molecule has 0 radical (unpaired) electrons. The van der Waals surface area contributed by atoms with Crippen LogP contribution in [0.3, 0.4) is 0 Å². The van der Waals surface area contributed by atoms with Gasteiger partial charge in [-0.3, -0.25) is 4.79 Å². The summed E-state index contributed by atoms with van der Waals surface area (Å²) >= 11 is 0. The van der Waals surface area contributed by atoms with Crippen LogP contribution in [0.5, 0.6) is 0 Å². The van der Waals surface area contributed by atoms with Gasteiger partial charge in [0.05, 0.1) is 5.25 Å². The molecule has 1 aliphatic rings. The van der Waals surface area contributed by atoms with Crippen molar-refractivity contribution < 1.29 is 17.6 Å². The van der Waals surface area contributed by atoms with Crippen LogP contribution in [0.25, 0.3) is 0 Å². The lowest BCUT2D eigenvalue weighted by atomic mass is 9.95. The second kappa shape index (κ2) is 6.22. The lowest BCUT2D eigenvalue weighted by Gasteiger charge is -2.30. The van der Waals surface area contributed by atoms with E-state index in [1.807, 2.05) is 13.8 Å². The Morgan fingerprint density at radius 3 is 2.62 bits per heavy atom. The molecule has 1 aromatic heterocycles. The van der Waals surface area contributed by atoms with Gasteiger partial charge in [0, 0.05) is 18.7 Å². The predicted octanol–water partition coefficient (Wildman–Crippen LogP) is 2.24. The van der Waals surface area contributed by atoms with E-state index in [1.54, 1.807) is 6.07 Å². The number of hydrogen-bond acceptors (Lipinski definition) is 4. The third-order valence-corrected chi connectivity index (χ3v) is 5.80. The molecule has 6 heteroatoms. The first-order valence-electron chi connectivity index (χ1n) is 7.42. The van der Waals surface area contributed by atoms with Crippen molar-refractivity contribution in [2.24, 2.45) is 0 Å². The van der Waals surface area contributed by atoms with Crippen LogP contribution in [0.2, 0.25) is 0 Å². The summed E-state index contributed by atoms with van der Waals surface area (Å²) in [5.41, 5.74) is 0.950. The quantitative estimate of drug-likeness (QED) is 0.925. The van der Waals surface area contributed by atoms with Gasteiger partial charge in [0.2, 0.25) is 0 Å². The Balaban J connectivity index is 2.13. The fraction of sp³-hybridized carbons (Fsp3) is 0.667. The minimum atomic E-state index is -3.16. The van der Waals surface area contributed by atoms with Crippen LogP contribution >= 0.6 is 0 Å². The van der Waals surface area contributed by atoms with Gasteiger partial charge in [-0.05, 0) is 31.4 Å². The van der Waals surface area contributed by atoms with Crippen molar-refractivity contribution >= 4 is 15.7 Å². The number of aryl methyl sites for hydroxylation is 2. The van der Waals surface area contributed by atoms with Crippen molar-refractivity contribution in [2.45, 2.75) is 57.2 Å². The van der Waals surface area contributed by atoms with E-state index in [-0.39, 0.29) is 17.7 Å². The van der Waals surface area contributed by atoms with Crippen molar-refractivity contribution in [1.29, 1.82) is 0 Å². The highest BCUT2D eigenvalue weighted by Gasteiger charge is 2.34. The first-order valence-corrected chi connectivity index (χ1v) is 9.37. The summed E-state index contributed by atoms with van der Waals surface area (Å²) in [6.07, 6.45) is 5.12. The molecule has 1 amide bonds. The van der Waals surface area contributed by atoms with Gasteiger partial charge in [0.25, 0.3) is 5.91 Å². The van der Waals surface area contributed by atoms with Gasteiger partial charge in [-0.15, -0.1) is 0 Å². The Morgan fingerprint density at radius 1 is 1.38 bits per heavy atom. The molecule has 1 saturated carbocycles. The van der Waals surface area contributed by atoms with Crippen molar-refractivity contribution in [1.82, 2.24) is 5.32 Å². The SMILES string of the molecule is CCc1oc(C(=O)N[C@@H]2CCCC[C@H]2S(C)(=O)=O)cc1C. The van der Waals surface area contributed by atoms with Gasteiger partial charge in [0.1, 0.15) is 5.76 Å². The normalized spacial score (nSPS) is 23.0. The zero-order chi connectivity index (χ0) is 15.6. The second-order valence-electron chi connectivity index (χ2n) is 5.80. The molecule has 1 N–H and O–H groups in total. The molecule has 0 saturated heterocycles. The Kier molecular flexibility index (Phi) is 4.76. The first-order chi connectivity index (χ1) is 9.82. The molecule has 0 aliphatic heterocycles. The lowest BCUT2D eigenvalue weighted by Crippen LogP contribution is -2.48. The molecule has 1 fully saturated rings. The van der Waals surface area contributed by atoms with Crippen molar-refractivity contribution in [3.05, 3.63) is 23.2 Å². The van der Waals surface area contributed by atoms with Crippen LogP contribution in [-0.4, -0.2) is 31.9 Å². The molecule has 1 aromatic rings. The summed E-state index contributed by atoms with van der Waals surface area (Å²) in [5, 5.41) is 2.36. The summed E-state index contributed by atoms with van der Waals surface area (Å²) in [6, 6.07) is 1.39. The summed E-state index contributed by atoms with van der Waals surface area (Å²) < 4.78 is 29.2. The van der Waals surface area contributed by atoms with Crippen LogP contribution in [0, 0.1) is 6.92 Å². The van der Waals surface area contributed by atoms with Crippen LogP contribution < -0.4 is 5.32 Å². The first kappa shape index (κ1) is 16.1. The van der Waals surface area contributed by atoms with Gasteiger partial charge < -0.3 is 9.73 Å². The third kappa shape index (κ3) is 3.67. The molecule has 0 bridgehead atoms. The maximum atomic E-state index is 12.3. The van der Waals surface area contributed by atoms with E-state index in [0.717, 1.165) is 30.6 Å².